The molecule has 8 heteroatoms. The Kier molecular flexibility index (Phi) is 4.87. The Labute approximate surface area is 101 Å². The number of nitrogens with zero attached hydrogens (tertiary/aromatic N) is 1. The minimum Gasteiger partial charge on any atom is -0.465 e. The summed E-state index contributed by atoms with van der Waals surface area (Å²) in [6, 6.07) is -0.533. The zero-order chi connectivity index (χ0) is 13.1. The molecule has 0 unspecified atom stereocenters. The number of carbonyl (C=O) groups excluding carboxylic acids is 1. The van der Waals surface area contributed by atoms with Crippen LogP contribution in [0.3, 0.4) is 0 Å². The molecule has 1 heterocycles. The lowest BCUT2D eigenvalue weighted by Crippen LogP contribution is -2.46. The van der Waals surface area contributed by atoms with Crippen LogP contribution < -0.4 is 5.32 Å². The Hall–Kier alpha value is -0.700. The normalized spacial score (nSPS) is 25.2. The van der Waals surface area contributed by atoms with Crippen molar-refractivity contribution in [2.24, 2.45) is 0 Å². The summed E-state index contributed by atoms with van der Waals surface area (Å²) in [7, 11) is -2.38. The highest BCUT2D eigenvalue weighted by atomic mass is 32.2. The first kappa shape index (κ1) is 14.4. The van der Waals surface area contributed by atoms with Gasteiger partial charge in [0.15, 0.2) is 5.75 Å². The highest BCUT2D eigenvalue weighted by Gasteiger charge is 2.36. The molecule has 0 aromatic heterocycles. The smallest absolute Gasteiger partial charge is 0.322 e. The van der Waals surface area contributed by atoms with Gasteiger partial charge in [-0.1, -0.05) is 0 Å². The van der Waals surface area contributed by atoms with E-state index in [4.69, 9.17) is 0 Å². The largest absolute Gasteiger partial charge is 0.465 e. The molecule has 0 radical (unpaired) electrons. The van der Waals surface area contributed by atoms with Crippen LogP contribution in [-0.4, -0.2) is 68.4 Å². The van der Waals surface area contributed by atoms with Crippen LogP contribution in [0.25, 0.3) is 0 Å². The van der Waals surface area contributed by atoms with E-state index in [2.05, 4.69) is 10.1 Å². The Balaban J connectivity index is 2.66. The van der Waals surface area contributed by atoms with Gasteiger partial charge in [0.25, 0.3) is 0 Å². The number of aliphatic hydroxyl groups is 1. The number of esters is 1. The van der Waals surface area contributed by atoms with E-state index in [1.165, 1.54) is 7.05 Å². The van der Waals surface area contributed by atoms with Gasteiger partial charge in [-0.15, -0.1) is 0 Å². The van der Waals surface area contributed by atoms with Crippen molar-refractivity contribution in [3.05, 3.63) is 0 Å². The first-order valence-corrected chi connectivity index (χ1v) is 6.99. The fourth-order valence-electron chi connectivity index (χ4n) is 1.68. The summed E-state index contributed by atoms with van der Waals surface area (Å²) in [5.41, 5.74) is 0. The summed E-state index contributed by atoms with van der Waals surface area (Å²) in [5, 5.41) is 12.5. The van der Waals surface area contributed by atoms with Gasteiger partial charge in [-0.2, -0.15) is 4.31 Å². The Morgan fingerprint density at radius 3 is 2.65 bits per heavy atom. The summed E-state index contributed by atoms with van der Waals surface area (Å²) < 4.78 is 29.3. The minimum atomic E-state index is -3.74. The van der Waals surface area contributed by atoms with Gasteiger partial charge in [0.2, 0.25) is 10.0 Å². The first-order valence-electron chi connectivity index (χ1n) is 5.38. The topological polar surface area (TPSA) is 95.9 Å². The molecule has 1 aliphatic heterocycles. The van der Waals surface area contributed by atoms with Gasteiger partial charge in [-0.05, 0) is 6.92 Å². The number of likely N-dealkylation sites (N-methyl/N-ethyl adjacent to an activating group) is 1. The predicted molar refractivity (Wildman–Crippen MR) is 60.8 cm³/mol. The SMILES string of the molecule is CCOC(=O)CS(=O)(=O)N(C)[C@H]1CNC[C@@H]1O. The Morgan fingerprint density at radius 1 is 1.53 bits per heavy atom. The molecule has 1 aliphatic rings. The monoisotopic (exact) mass is 266 g/mol. The first-order chi connectivity index (χ1) is 7.88. The average molecular weight is 266 g/mol. The molecule has 7 nitrogen and oxygen atoms in total. The molecule has 0 bridgehead atoms. The maximum Gasteiger partial charge on any atom is 0.322 e. The number of carbonyl (C=O) groups is 1. The lowest BCUT2D eigenvalue weighted by Gasteiger charge is -2.25. The van der Waals surface area contributed by atoms with Gasteiger partial charge in [-0.3, -0.25) is 4.79 Å². The van der Waals surface area contributed by atoms with E-state index >= 15 is 0 Å². The molecule has 1 rings (SSSR count). The average Bonchev–Trinajstić information content (AvgIpc) is 2.62. The fourth-order valence-corrected chi connectivity index (χ4v) is 2.89. The Morgan fingerprint density at radius 2 is 2.18 bits per heavy atom. The number of ether oxygens (including phenoxy) is 1. The molecule has 1 saturated heterocycles. The summed E-state index contributed by atoms with van der Waals surface area (Å²) >= 11 is 0. The molecule has 0 aromatic carbocycles. The van der Waals surface area contributed by atoms with E-state index in [9.17, 15) is 18.3 Å². The van der Waals surface area contributed by atoms with Crippen LogP contribution in [0, 0.1) is 0 Å². The van der Waals surface area contributed by atoms with Crippen LogP contribution in [0.5, 0.6) is 0 Å². The summed E-state index contributed by atoms with van der Waals surface area (Å²) in [5.74, 6) is -1.47. The number of β-amino-alcohol motifs (C(OH)–C–C–N with tert-alkyl or cyclic N) is 1. The molecule has 0 aromatic rings. The number of sulfonamides is 1. The van der Waals surface area contributed by atoms with E-state index in [1.807, 2.05) is 0 Å². The zero-order valence-corrected chi connectivity index (χ0v) is 10.7. The second-order valence-corrected chi connectivity index (χ2v) is 5.90. The van der Waals surface area contributed by atoms with Crippen LogP contribution in [0.4, 0.5) is 0 Å². The third kappa shape index (κ3) is 3.63. The van der Waals surface area contributed by atoms with Crippen molar-refractivity contribution in [1.29, 1.82) is 0 Å². The van der Waals surface area contributed by atoms with E-state index in [0.29, 0.717) is 13.1 Å². The van der Waals surface area contributed by atoms with Crippen LogP contribution >= 0.6 is 0 Å². The summed E-state index contributed by atoms with van der Waals surface area (Å²) in [6.07, 6.45) is -0.753. The molecule has 2 N–H and O–H groups in total. The van der Waals surface area contributed by atoms with Crippen molar-refractivity contribution in [2.45, 2.75) is 19.1 Å². The van der Waals surface area contributed by atoms with Gasteiger partial charge in [0.05, 0.1) is 18.8 Å². The molecule has 0 spiro atoms. The van der Waals surface area contributed by atoms with Gasteiger partial charge < -0.3 is 15.2 Å². The number of hydrogen-bond donors (Lipinski definition) is 2. The molecule has 0 aliphatic carbocycles. The second kappa shape index (κ2) is 5.76. The molecule has 100 valence electrons. The second-order valence-electron chi connectivity index (χ2n) is 3.87. The van der Waals surface area contributed by atoms with Crippen molar-refractivity contribution in [1.82, 2.24) is 9.62 Å². The van der Waals surface area contributed by atoms with Crippen molar-refractivity contribution in [2.75, 3.05) is 32.5 Å². The maximum atomic E-state index is 11.8. The van der Waals surface area contributed by atoms with Crippen LogP contribution in [0.2, 0.25) is 0 Å². The molecule has 0 amide bonds. The number of rotatable bonds is 5. The molecular formula is C9H18N2O5S. The maximum absolute atomic E-state index is 11.8. The number of nitrogens with one attached hydrogen (secondary N) is 1. The number of aliphatic hydroxyl groups excluding tert-OH is 1. The summed E-state index contributed by atoms with van der Waals surface area (Å²) in [4.78, 5) is 11.2. The quantitative estimate of drug-likeness (QED) is 0.567. The lowest BCUT2D eigenvalue weighted by molar-refractivity contribution is -0.140. The van der Waals surface area contributed by atoms with Crippen molar-refractivity contribution < 1.29 is 23.1 Å². The minimum absolute atomic E-state index is 0.145. The highest BCUT2D eigenvalue weighted by Crippen LogP contribution is 2.12. The molecule has 0 saturated carbocycles. The highest BCUT2D eigenvalue weighted by molar-refractivity contribution is 7.89. The van der Waals surface area contributed by atoms with E-state index in [1.54, 1.807) is 6.92 Å². The van der Waals surface area contributed by atoms with Gasteiger partial charge >= 0.3 is 5.97 Å². The third-order valence-corrected chi connectivity index (χ3v) is 4.41. The van der Waals surface area contributed by atoms with Crippen molar-refractivity contribution >= 4 is 16.0 Å². The fraction of sp³-hybridized carbons (Fsp3) is 0.889. The van der Waals surface area contributed by atoms with Crippen LogP contribution in [-0.2, 0) is 19.6 Å². The van der Waals surface area contributed by atoms with Gasteiger partial charge in [0.1, 0.15) is 0 Å². The van der Waals surface area contributed by atoms with E-state index in [-0.39, 0.29) is 6.61 Å². The molecule has 2 atom stereocenters. The summed E-state index contributed by atoms with van der Waals surface area (Å²) in [6.45, 7) is 2.48. The predicted octanol–water partition coefficient (Wildman–Crippen LogP) is -1.86. The van der Waals surface area contributed by atoms with Gasteiger partial charge in [-0.25, -0.2) is 8.42 Å². The standard InChI is InChI=1S/C9H18N2O5S/c1-3-16-9(13)6-17(14,15)11(2)7-4-10-5-8(7)12/h7-8,10,12H,3-6H2,1-2H3/t7-,8-/m0/s1. The van der Waals surface area contributed by atoms with Gasteiger partial charge in [0, 0.05) is 20.1 Å². The van der Waals surface area contributed by atoms with Crippen LogP contribution in [0.1, 0.15) is 6.92 Å². The Bertz CT molecular complexity index is 370. The van der Waals surface area contributed by atoms with E-state index in [0.717, 1.165) is 4.31 Å². The molecular weight excluding hydrogens is 248 g/mol. The molecule has 1 fully saturated rings. The third-order valence-electron chi connectivity index (χ3n) is 2.66. The lowest BCUT2D eigenvalue weighted by atomic mass is 10.2. The van der Waals surface area contributed by atoms with Crippen molar-refractivity contribution in [3.63, 3.8) is 0 Å². The number of hydrogen-bond acceptors (Lipinski definition) is 6. The molecule has 17 heavy (non-hydrogen) atoms. The van der Waals surface area contributed by atoms with E-state index < -0.39 is 33.9 Å². The zero-order valence-electron chi connectivity index (χ0n) is 9.92. The van der Waals surface area contributed by atoms with Crippen molar-refractivity contribution in [3.8, 4) is 0 Å². The van der Waals surface area contributed by atoms with Crippen LogP contribution in [0.15, 0.2) is 0 Å².